The van der Waals surface area contributed by atoms with Crippen molar-refractivity contribution in [3.63, 3.8) is 0 Å². The van der Waals surface area contributed by atoms with Gasteiger partial charge in [-0.3, -0.25) is 4.79 Å². The maximum Gasteiger partial charge on any atom is 0.361 e. The molecule has 0 saturated heterocycles. The number of ether oxygens (including phenoxy) is 2. The number of nitro groups is 1. The lowest BCUT2D eigenvalue weighted by Gasteiger charge is -2.10. The number of nitrogens with one attached hydrogen (secondary N) is 1. The van der Waals surface area contributed by atoms with E-state index in [0.29, 0.717) is 18.7 Å². The number of imidazole rings is 1. The number of nitrogens with zero attached hydrogens (tertiary/aromatic N) is 3. The van der Waals surface area contributed by atoms with Crippen molar-refractivity contribution in [1.82, 2.24) is 14.7 Å². The van der Waals surface area contributed by atoms with Gasteiger partial charge in [-0.2, -0.15) is 9.38 Å². The molecule has 0 bridgehead atoms. The number of rotatable bonds is 8. The van der Waals surface area contributed by atoms with Crippen molar-refractivity contribution >= 4 is 17.4 Å². The van der Waals surface area contributed by atoms with Gasteiger partial charge < -0.3 is 24.9 Å². The smallest absolute Gasteiger partial charge is 0.361 e. The average molecular weight is 402 g/mol. The molecule has 2 aromatic heterocycles. The first kappa shape index (κ1) is 20.1. The first-order valence-corrected chi connectivity index (χ1v) is 8.85. The summed E-state index contributed by atoms with van der Waals surface area (Å²) in [7, 11) is 1.41. The Hall–Kier alpha value is -3.69. The maximum absolute atomic E-state index is 14.1. The minimum Gasteiger partial charge on any atom is -0.496 e. The lowest BCUT2D eigenvalue weighted by molar-refractivity contribution is -0.390. The van der Waals surface area contributed by atoms with E-state index in [4.69, 9.17) is 9.47 Å². The standard InChI is InChI=1S/C19H19FN4O5/c1-3-9-21-18(25)16-19(24(26)27)23-10-5-8-15(17(23)22-16)29-11-12-13(20)6-4-7-14(12)28-2/h4-8,10H,3,9,11H2,1-2H3,(H,21,25). The highest BCUT2D eigenvalue weighted by Gasteiger charge is 2.29. The minimum absolute atomic E-state index is 0.0798. The van der Waals surface area contributed by atoms with Crippen LogP contribution in [0.25, 0.3) is 5.65 Å². The van der Waals surface area contributed by atoms with Gasteiger partial charge in [0.1, 0.15) is 18.2 Å². The van der Waals surface area contributed by atoms with Crippen molar-refractivity contribution in [3.8, 4) is 11.5 Å². The summed E-state index contributed by atoms with van der Waals surface area (Å²) >= 11 is 0. The lowest BCUT2D eigenvalue weighted by atomic mass is 10.2. The van der Waals surface area contributed by atoms with Gasteiger partial charge >= 0.3 is 5.82 Å². The molecule has 9 nitrogen and oxygen atoms in total. The molecule has 1 aromatic carbocycles. The molecule has 10 heteroatoms. The van der Waals surface area contributed by atoms with Crippen LogP contribution in [0.1, 0.15) is 29.4 Å². The van der Waals surface area contributed by atoms with Gasteiger partial charge in [0.05, 0.1) is 18.9 Å². The molecule has 3 rings (SSSR count). The summed E-state index contributed by atoms with van der Waals surface area (Å²) in [4.78, 5) is 27.3. The highest BCUT2D eigenvalue weighted by Crippen LogP contribution is 2.29. The van der Waals surface area contributed by atoms with Crippen molar-refractivity contribution in [2.45, 2.75) is 20.0 Å². The van der Waals surface area contributed by atoms with E-state index in [1.165, 1.54) is 37.6 Å². The first-order chi connectivity index (χ1) is 14.0. The second-order valence-electron chi connectivity index (χ2n) is 6.07. The quantitative estimate of drug-likeness (QED) is 0.458. The molecule has 0 fully saturated rings. The van der Waals surface area contributed by atoms with Crippen LogP contribution in [0.5, 0.6) is 11.5 Å². The SMILES string of the molecule is CCCNC(=O)c1nc2c(OCc3c(F)cccc3OC)cccn2c1[N+](=O)[O-]. The monoisotopic (exact) mass is 402 g/mol. The van der Waals surface area contributed by atoms with Crippen LogP contribution < -0.4 is 14.8 Å². The Balaban J connectivity index is 2.00. The van der Waals surface area contributed by atoms with Crippen molar-refractivity contribution in [2.75, 3.05) is 13.7 Å². The van der Waals surface area contributed by atoms with Crippen LogP contribution in [0, 0.1) is 15.9 Å². The maximum atomic E-state index is 14.1. The van der Waals surface area contributed by atoms with Gasteiger partial charge in [0.25, 0.3) is 11.6 Å². The molecule has 0 saturated carbocycles. The number of hydrogen-bond donors (Lipinski definition) is 1. The summed E-state index contributed by atoms with van der Waals surface area (Å²) in [5.74, 6) is -1.15. The van der Waals surface area contributed by atoms with Crippen LogP contribution in [-0.2, 0) is 6.61 Å². The molecule has 0 atom stereocenters. The molecule has 3 aromatic rings. The summed E-state index contributed by atoms with van der Waals surface area (Å²) < 4.78 is 26.1. The molecular weight excluding hydrogens is 383 g/mol. The predicted molar refractivity (Wildman–Crippen MR) is 102 cm³/mol. The van der Waals surface area contributed by atoms with E-state index in [-0.39, 0.29) is 29.3 Å². The molecule has 1 amide bonds. The topological polar surface area (TPSA) is 108 Å². The number of benzene rings is 1. The van der Waals surface area contributed by atoms with Gasteiger partial charge in [0.2, 0.25) is 5.69 Å². The third-order valence-electron chi connectivity index (χ3n) is 4.18. The van der Waals surface area contributed by atoms with Crippen molar-refractivity contribution in [2.24, 2.45) is 0 Å². The van der Waals surface area contributed by atoms with E-state index in [0.717, 1.165) is 4.40 Å². The molecule has 2 heterocycles. The highest BCUT2D eigenvalue weighted by atomic mass is 19.1. The number of methoxy groups -OCH3 is 1. The Morgan fingerprint density at radius 1 is 1.31 bits per heavy atom. The number of amides is 1. The molecule has 0 spiro atoms. The van der Waals surface area contributed by atoms with E-state index < -0.39 is 22.5 Å². The minimum atomic E-state index is -0.676. The first-order valence-electron chi connectivity index (χ1n) is 8.85. The predicted octanol–water partition coefficient (Wildman–Crippen LogP) is 3.11. The summed E-state index contributed by atoms with van der Waals surface area (Å²) in [6.07, 6.45) is 2.08. The largest absolute Gasteiger partial charge is 0.496 e. The number of carbonyl (C=O) groups is 1. The Labute approximate surface area is 165 Å². The summed E-state index contributed by atoms with van der Waals surface area (Å²) in [5.41, 5.74) is -0.0434. The average Bonchev–Trinajstić information content (AvgIpc) is 3.11. The molecule has 0 aliphatic heterocycles. The van der Waals surface area contributed by atoms with Gasteiger partial charge in [-0.25, -0.2) is 4.39 Å². The fraction of sp³-hybridized carbons (Fsp3) is 0.263. The summed E-state index contributed by atoms with van der Waals surface area (Å²) in [5, 5.41) is 14.1. The zero-order chi connectivity index (χ0) is 21.0. The normalized spacial score (nSPS) is 10.7. The van der Waals surface area contributed by atoms with Gasteiger partial charge in [-0.05, 0) is 35.6 Å². The lowest BCUT2D eigenvalue weighted by Crippen LogP contribution is -2.25. The van der Waals surface area contributed by atoms with Crippen LogP contribution in [-0.4, -0.2) is 33.9 Å². The Kier molecular flexibility index (Phi) is 5.91. The van der Waals surface area contributed by atoms with Gasteiger partial charge in [0.15, 0.2) is 5.75 Å². The van der Waals surface area contributed by atoms with Crippen molar-refractivity contribution < 1.29 is 23.6 Å². The number of fused-ring (bicyclic) bond motifs is 1. The fourth-order valence-electron chi connectivity index (χ4n) is 2.81. The zero-order valence-electron chi connectivity index (χ0n) is 15.8. The Morgan fingerprint density at radius 3 is 2.76 bits per heavy atom. The summed E-state index contributed by atoms with van der Waals surface area (Å²) in [6, 6.07) is 7.44. The third-order valence-corrected chi connectivity index (χ3v) is 4.18. The van der Waals surface area contributed by atoms with Gasteiger partial charge in [0, 0.05) is 6.54 Å². The third kappa shape index (κ3) is 3.96. The van der Waals surface area contributed by atoms with Crippen molar-refractivity contribution in [3.05, 3.63) is 63.7 Å². The number of pyridine rings is 1. The second kappa shape index (κ2) is 8.55. The highest BCUT2D eigenvalue weighted by molar-refractivity contribution is 5.97. The van der Waals surface area contributed by atoms with Crippen LogP contribution in [0.15, 0.2) is 36.5 Å². The van der Waals surface area contributed by atoms with Crippen molar-refractivity contribution in [1.29, 1.82) is 0 Å². The van der Waals surface area contributed by atoms with Crippen LogP contribution in [0.3, 0.4) is 0 Å². The number of hydrogen-bond acceptors (Lipinski definition) is 6. The zero-order valence-corrected chi connectivity index (χ0v) is 15.8. The van der Waals surface area contributed by atoms with Crippen LogP contribution >= 0.6 is 0 Å². The van der Waals surface area contributed by atoms with E-state index >= 15 is 0 Å². The molecule has 29 heavy (non-hydrogen) atoms. The summed E-state index contributed by atoms with van der Waals surface area (Å²) in [6.45, 7) is 2.04. The van der Waals surface area contributed by atoms with Crippen LogP contribution in [0.2, 0.25) is 0 Å². The molecular formula is C19H19FN4O5. The number of aromatic nitrogens is 2. The van der Waals surface area contributed by atoms with E-state index in [1.54, 1.807) is 6.07 Å². The van der Waals surface area contributed by atoms with E-state index in [2.05, 4.69) is 10.3 Å². The Morgan fingerprint density at radius 2 is 2.07 bits per heavy atom. The number of halogens is 1. The number of carbonyl (C=O) groups excluding carboxylic acids is 1. The van der Waals surface area contributed by atoms with Crippen LogP contribution in [0.4, 0.5) is 10.2 Å². The molecule has 0 aliphatic carbocycles. The molecule has 0 unspecified atom stereocenters. The van der Waals surface area contributed by atoms with Gasteiger partial charge in [-0.15, -0.1) is 0 Å². The van der Waals surface area contributed by atoms with E-state index in [9.17, 15) is 19.3 Å². The molecule has 0 radical (unpaired) electrons. The second-order valence-corrected chi connectivity index (χ2v) is 6.07. The molecule has 1 N–H and O–H groups in total. The van der Waals surface area contributed by atoms with Gasteiger partial charge in [-0.1, -0.05) is 13.0 Å². The fourth-order valence-corrected chi connectivity index (χ4v) is 2.81. The Bertz CT molecular complexity index is 1070. The van der Waals surface area contributed by atoms with E-state index in [1.807, 2.05) is 6.92 Å². The molecule has 0 aliphatic rings. The molecule has 152 valence electrons.